The van der Waals surface area contributed by atoms with E-state index in [1.54, 1.807) is 18.2 Å². The van der Waals surface area contributed by atoms with E-state index in [-0.39, 0.29) is 17.3 Å². The molecule has 20 heavy (non-hydrogen) atoms. The molecule has 2 rings (SSSR count). The van der Waals surface area contributed by atoms with Crippen LogP contribution in [0.15, 0.2) is 54.7 Å². The molecular weight excluding hydrogens is 257 g/mol. The lowest BCUT2D eigenvalue weighted by Gasteiger charge is -2.04. The van der Waals surface area contributed by atoms with Gasteiger partial charge in [0.1, 0.15) is 11.6 Å². The number of hydrogen-bond acceptors (Lipinski definition) is 3. The maximum absolute atomic E-state index is 12.7. The minimum Gasteiger partial charge on any atom is -0.506 e. The lowest BCUT2D eigenvalue weighted by Crippen LogP contribution is -1.96. The minimum atomic E-state index is -0.381. The molecule has 0 atom stereocenters. The lowest BCUT2D eigenvalue weighted by atomic mass is 10.1. The van der Waals surface area contributed by atoms with E-state index in [0.717, 1.165) is 5.56 Å². The van der Waals surface area contributed by atoms with E-state index < -0.39 is 0 Å². The van der Waals surface area contributed by atoms with Gasteiger partial charge in [-0.25, -0.2) is 4.39 Å². The minimum absolute atomic E-state index is 0.106. The molecule has 0 unspecified atom stereocenters. The highest BCUT2D eigenvalue weighted by Gasteiger charge is 2.02. The Bertz CT molecular complexity index is 648. The molecule has 2 aromatic rings. The predicted octanol–water partition coefficient (Wildman–Crippen LogP) is 3.65. The number of benzene rings is 2. The third kappa shape index (κ3) is 3.45. The summed E-state index contributed by atoms with van der Waals surface area (Å²) in [6.07, 6.45) is 2.77. The largest absolute Gasteiger partial charge is 0.506 e. The zero-order chi connectivity index (χ0) is 14.5. The van der Waals surface area contributed by atoms with Crippen molar-refractivity contribution < 1.29 is 14.3 Å². The van der Waals surface area contributed by atoms with Crippen LogP contribution in [0.5, 0.6) is 5.75 Å². The quantitative estimate of drug-likeness (QED) is 0.507. The molecule has 3 nitrogen and oxygen atoms in total. The Morgan fingerprint density at radius 1 is 1.20 bits per heavy atom. The number of halogens is 1. The van der Waals surface area contributed by atoms with Gasteiger partial charge in [-0.15, -0.1) is 0 Å². The van der Waals surface area contributed by atoms with Crippen LogP contribution in [0.25, 0.3) is 0 Å². The highest BCUT2D eigenvalue weighted by Crippen LogP contribution is 2.23. The van der Waals surface area contributed by atoms with Crippen LogP contribution in [0.1, 0.15) is 15.9 Å². The number of ketones is 1. The molecule has 0 radical (unpaired) electrons. The number of anilines is 1. The van der Waals surface area contributed by atoms with Crippen LogP contribution in [-0.4, -0.2) is 10.9 Å². The SMILES string of the molecule is Cc1ccc(O)c(NC=CC(=O)c2ccc(F)cc2)c1. The van der Waals surface area contributed by atoms with Gasteiger partial charge in [-0.2, -0.15) is 0 Å². The standard InChI is InChI=1S/C16H14FNO2/c1-11-2-7-16(20)14(10-11)18-9-8-15(19)12-3-5-13(17)6-4-12/h2-10,18,20H,1H3. The topological polar surface area (TPSA) is 49.3 Å². The van der Waals surface area contributed by atoms with Crippen molar-refractivity contribution in [3.8, 4) is 5.75 Å². The number of aromatic hydroxyl groups is 1. The van der Waals surface area contributed by atoms with Crippen LogP contribution in [0, 0.1) is 12.7 Å². The normalized spacial score (nSPS) is 10.7. The number of allylic oxidation sites excluding steroid dienone is 1. The average molecular weight is 271 g/mol. The van der Waals surface area contributed by atoms with Crippen molar-refractivity contribution in [1.82, 2.24) is 0 Å². The van der Waals surface area contributed by atoms with Gasteiger partial charge in [-0.1, -0.05) is 6.07 Å². The molecule has 0 saturated heterocycles. The van der Waals surface area contributed by atoms with Crippen LogP contribution in [0.2, 0.25) is 0 Å². The molecule has 0 aromatic heterocycles. The second-order valence-corrected chi connectivity index (χ2v) is 4.37. The maximum Gasteiger partial charge on any atom is 0.187 e. The van der Waals surface area contributed by atoms with Gasteiger partial charge < -0.3 is 10.4 Å². The molecule has 0 spiro atoms. The molecule has 4 heteroatoms. The molecule has 102 valence electrons. The predicted molar refractivity (Wildman–Crippen MR) is 76.3 cm³/mol. The zero-order valence-electron chi connectivity index (χ0n) is 10.9. The van der Waals surface area contributed by atoms with Crippen molar-refractivity contribution in [3.63, 3.8) is 0 Å². The van der Waals surface area contributed by atoms with Crippen molar-refractivity contribution in [2.45, 2.75) is 6.92 Å². The number of carbonyl (C=O) groups is 1. The zero-order valence-corrected chi connectivity index (χ0v) is 10.9. The monoisotopic (exact) mass is 271 g/mol. The van der Waals surface area contributed by atoms with Crippen molar-refractivity contribution in [2.75, 3.05) is 5.32 Å². The first-order valence-electron chi connectivity index (χ1n) is 6.09. The molecule has 0 aliphatic rings. The molecule has 2 aromatic carbocycles. The molecule has 0 fully saturated rings. The first kappa shape index (κ1) is 13.8. The lowest BCUT2D eigenvalue weighted by molar-refractivity contribution is 0.104. The van der Waals surface area contributed by atoms with Crippen LogP contribution in [0.4, 0.5) is 10.1 Å². The van der Waals surface area contributed by atoms with Crippen molar-refractivity contribution in [2.24, 2.45) is 0 Å². The molecule has 0 saturated carbocycles. The van der Waals surface area contributed by atoms with Gasteiger partial charge in [0.25, 0.3) is 0 Å². The van der Waals surface area contributed by atoms with Crippen LogP contribution in [-0.2, 0) is 0 Å². The number of nitrogens with one attached hydrogen (secondary N) is 1. The molecule has 0 bridgehead atoms. The van der Waals surface area contributed by atoms with Gasteiger partial charge in [-0.3, -0.25) is 4.79 Å². The van der Waals surface area contributed by atoms with Crippen molar-refractivity contribution in [1.29, 1.82) is 0 Å². The van der Waals surface area contributed by atoms with Gasteiger partial charge in [0, 0.05) is 17.8 Å². The van der Waals surface area contributed by atoms with E-state index in [1.165, 1.54) is 36.5 Å². The Labute approximate surface area is 116 Å². The Kier molecular flexibility index (Phi) is 4.15. The second-order valence-electron chi connectivity index (χ2n) is 4.37. The molecule has 0 heterocycles. The van der Waals surface area contributed by atoms with E-state index in [9.17, 15) is 14.3 Å². The third-order valence-electron chi connectivity index (χ3n) is 2.75. The Hall–Kier alpha value is -2.62. The fourth-order valence-electron chi connectivity index (χ4n) is 1.68. The highest BCUT2D eigenvalue weighted by atomic mass is 19.1. The van der Waals surface area contributed by atoms with E-state index in [4.69, 9.17) is 0 Å². The molecular formula is C16H14FNO2. The molecule has 0 aliphatic carbocycles. The average Bonchev–Trinajstić information content (AvgIpc) is 2.43. The molecule has 0 amide bonds. The molecule has 2 N–H and O–H groups in total. The first-order valence-corrected chi connectivity index (χ1v) is 6.09. The maximum atomic E-state index is 12.7. The number of phenolic OH excluding ortho intramolecular Hbond substituents is 1. The Morgan fingerprint density at radius 2 is 1.90 bits per heavy atom. The summed E-state index contributed by atoms with van der Waals surface area (Å²) in [4.78, 5) is 11.8. The van der Waals surface area contributed by atoms with Gasteiger partial charge in [0.05, 0.1) is 5.69 Å². The fourth-order valence-corrected chi connectivity index (χ4v) is 1.68. The Morgan fingerprint density at radius 3 is 2.60 bits per heavy atom. The number of carbonyl (C=O) groups excluding carboxylic acids is 1. The van der Waals surface area contributed by atoms with Crippen LogP contribution < -0.4 is 5.32 Å². The fraction of sp³-hybridized carbons (Fsp3) is 0.0625. The summed E-state index contributed by atoms with van der Waals surface area (Å²) in [5.41, 5.74) is 1.91. The summed E-state index contributed by atoms with van der Waals surface area (Å²) in [6, 6.07) is 10.4. The van der Waals surface area contributed by atoms with Crippen LogP contribution >= 0.6 is 0 Å². The van der Waals surface area contributed by atoms with Crippen molar-refractivity contribution in [3.05, 3.63) is 71.7 Å². The number of rotatable bonds is 4. The summed E-state index contributed by atoms with van der Waals surface area (Å²) in [7, 11) is 0. The van der Waals surface area contributed by atoms with Gasteiger partial charge >= 0.3 is 0 Å². The third-order valence-corrected chi connectivity index (χ3v) is 2.75. The van der Waals surface area contributed by atoms with Gasteiger partial charge in [0.15, 0.2) is 5.78 Å². The first-order chi connectivity index (χ1) is 9.56. The molecule has 0 aliphatic heterocycles. The van der Waals surface area contributed by atoms with Gasteiger partial charge in [-0.05, 0) is 48.9 Å². The van der Waals surface area contributed by atoms with E-state index in [0.29, 0.717) is 11.3 Å². The summed E-state index contributed by atoms with van der Waals surface area (Å²) in [5, 5.41) is 12.5. The smallest absolute Gasteiger partial charge is 0.187 e. The van der Waals surface area contributed by atoms with Crippen LogP contribution in [0.3, 0.4) is 0 Å². The highest BCUT2D eigenvalue weighted by molar-refractivity contribution is 6.04. The summed E-state index contributed by atoms with van der Waals surface area (Å²) < 4.78 is 12.7. The number of hydrogen-bond donors (Lipinski definition) is 2. The number of aryl methyl sites for hydroxylation is 1. The summed E-state index contributed by atoms with van der Waals surface area (Å²) in [6.45, 7) is 1.90. The van der Waals surface area contributed by atoms with E-state index >= 15 is 0 Å². The summed E-state index contributed by atoms with van der Waals surface area (Å²) >= 11 is 0. The van der Waals surface area contributed by atoms with Gasteiger partial charge in [0.2, 0.25) is 0 Å². The number of phenols is 1. The summed E-state index contributed by atoms with van der Waals surface area (Å²) in [5.74, 6) is -0.521. The van der Waals surface area contributed by atoms with E-state index in [2.05, 4.69) is 5.32 Å². The van der Waals surface area contributed by atoms with Crippen molar-refractivity contribution >= 4 is 11.5 Å². The van der Waals surface area contributed by atoms with E-state index in [1.807, 2.05) is 6.92 Å². The second kappa shape index (κ2) is 6.02. The Balaban J connectivity index is 2.04.